The monoisotopic (exact) mass is 282 g/mol. The number of likely N-dealkylation sites (tertiary alicyclic amines) is 1. The second kappa shape index (κ2) is 5.44. The van der Waals surface area contributed by atoms with Gasteiger partial charge in [-0.05, 0) is 5.92 Å². The molecule has 1 aliphatic heterocycles. The van der Waals surface area contributed by atoms with Gasteiger partial charge in [0.2, 0.25) is 5.91 Å². The average Bonchev–Trinajstić information content (AvgIpc) is 2.92. The van der Waals surface area contributed by atoms with E-state index in [2.05, 4.69) is 5.16 Å². The van der Waals surface area contributed by atoms with Crippen LogP contribution in [0.3, 0.4) is 0 Å². The molecule has 0 unspecified atom stereocenters. The molecular formula is C14H22N2O4. The highest BCUT2D eigenvalue weighted by atomic mass is 16.5. The van der Waals surface area contributed by atoms with Gasteiger partial charge in [0.1, 0.15) is 5.76 Å². The molecule has 0 aromatic carbocycles. The number of hydrogen-bond donors (Lipinski definition) is 2. The Morgan fingerprint density at radius 1 is 1.65 bits per heavy atom. The van der Waals surface area contributed by atoms with Crippen molar-refractivity contribution in [3.63, 3.8) is 0 Å². The van der Waals surface area contributed by atoms with Gasteiger partial charge in [0.25, 0.3) is 5.56 Å². The fraction of sp³-hybridized carbons (Fsp3) is 0.714. The number of H-pyrrole nitrogens is 1. The van der Waals surface area contributed by atoms with E-state index >= 15 is 0 Å². The smallest absolute Gasteiger partial charge is 0.280 e. The average molecular weight is 282 g/mol. The zero-order valence-corrected chi connectivity index (χ0v) is 12.2. The third-order valence-corrected chi connectivity index (χ3v) is 4.30. The Morgan fingerprint density at radius 2 is 2.35 bits per heavy atom. The van der Waals surface area contributed by atoms with E-state index in [0.717, 1.165) is 0 Å². The molecule has 0 bridgehead atoms. The van der Waals surface area contributed by atoms with Gasteiger partial charge >= 0.3 is 0 Å². The molecule has 0 aliphatic carbocycles. The summed E-state index contributed by atoms with van der Waals surface area (Å²) in [5, 5.41) is 12.8. The van der Waals surface area contributed by atoms with Gasteiger partial charge in [-0.1, -0.05) is 20.8 Å². The van der Waals surface area contributed by atoms with Crippen LogP contribution in [0.15, 0.2) is 15.4 Å². The minimum Gasteiger partial charge on any atom is -0.387 e. The number of aryl methyl sites for hydroxylation is 1. The van der Waals surface area contributed by atoms with Crippen molar-refractivity contribution < 1.29 is 14.4 Å². The third kappa shape index (κ3) is 2.80. The fourth-order valence-electron chi connectivity index (χ4n) is 2.79. The molecule has 112 valence electrons. The van der Waals surface area contributed by atoms with Crippen LogP contribution in [0.5, 0.6) is 0 Å². The van der Waals surface area contributed by atoms with Gasteiger partial charge in [-0.3, -0.25) is 9.59 Å². The topological polar surface area (TPSA) is 86.5 Å². The van der Waals surface area contributed by atoms with E-state index in [1.807, 2.05) is 20.8 Å². The van der Waals surface area contributed by atoms with E-state index in [0.29, 0.717) is 25.3 Å². The number of hydrogen-bond acceptors (Lipinski definition) is 4. The van der Waals surface area contributed by atoms with Gasteiger partial charge in [-0.2, -0.15) is 5.16 Å². The van der Waals surface area contributed by atoms with Crippen molar-refractivity contribution in [2.75, 3.05) is 13.1 Å². The SMILES string of the molecule is CC(C)[C@]1(O)CN(C(=O)CCc2cc(=O)[nH]o2)C[C@H]1C. The van der Waals surface area contributed by atoms with Crippen LogP contribution in [0.1, 0.15) is 33.0 Å². The number of nitrogens with one attached hydrogen (secondary N) is 1. The molecule has 20 heavy (non-hydrogen) atoms. The molecule has 1 saturated heterocycles. The van der Waals surface area contributed by atoms with Crippen LogP contribution in [0.2, 0.25) is 0 Å². The maximum Gasteiger partial charge on any atom is 0.280 e. The van der Waals surface area contributed by atoms with Crippen molar-refractivity contribution in [3.05, 3.63) is 22.2 Å². The number of rotatable bonds is 4. The highest BCUT2D eigenvalue weighted by Gasteiger charge is 2.46. The second-order valence-electron chi connectivity index (χ2n) is 6.00. The molecule has 1 aromatic heterocycles. The number of β-amino-alcohol motifs (C(OH)–C–C–N with tert-alkyl or cyclic N) is 1. The Balaban J connectivity index is 1.93. The number of aromatic nitrogens is 1. The quantitative estimate of drug-likeness (QED) is 0.854. The molecule has 0 spiro atoms. The number of carbonyl (C=O) groups is 1. The van der Waals surface area contributed by atoms with Gasteiger partial charge in [0.05, 0.1) is 5.60 Å². The van der Waals surface area contributed by atoms with Crippen molar-refractivity contribution in [1.82, 2.24) is 10.1 Å². The Labute approximate surface area is 117 Å². The molecule has 1 aliphatic rings. The lowest BCUT2D eigenvalue weighted by Crippen LogP contribution is -2.43. The molecular weight excluding hydrogens is 260 g/mol. The molecule has 1 fully saturated rings. The van der Waals surface area contributed by atoms with Gasteiger partial charge < -0.3 is 14.5 Å². The number of aromatic amines is 1. The third-order valence-electron chi connectivity index (χ3n) is 4.30. The lowest BCUT2D eigenvalue weighted by Gasteiger charge is -2.31. The second-order valence-corrected chi connectivity index (χ2v) is 6.00. The predicted molar refractivity (Wildman–Crippen MR) is 73.2 cm³/mol. The maximum atomic E-state index is 12.2. The summed E-state index contributed by atoms with van der Waals surface area (Å²) in [4.78, 5) is 24.8. The van der Waals surface area contributed by atoms with Crippen molar-refractivity contribution in [1.29, 1.82) is 0 Å². The summed E-state index contributed by atoms with van der Waals surface area (Å²) in [7, 11) is 0. The van der Waals surface area contributed by atoms with E-state index < -0.39 is 5.60 Å². The van der Waals surface area contributed by atoms with Crippen LogP contribution in [0.25, 0.3) is 0 Å². The first kappa shape index (κ1) is 14.8. The minimum atomic E-state index is -0.809. The Bertz CT molecular complexity index is 533. The Kier molecular flexibility index (Phi) is 4.04. The first-order valence-corrected chi connectivity index (χ1v) is 7.00. The molecule has 2 atom stereocenters. The first-order valence-electron chi connectivity index (χ1n) is 7.00. The molecule has 1 amide bonds. The van der Waals surface area contributed by atoms with Crippen LogP contribution < -0.4 is 5.56 Å². The van der Waals surface area contributed by atoms with Crippen molar-refractivity contribution in [3.8, 4) is 0 Å². The summed E-state index contributed by atoms with van der Waals surface area (Å²) in [6.45, 7) is 6.86. The largest absolute Gasteiger partial charge is 0.387 e. The summed E-state index contributed by atoms with van der Waals surface area (Å²) in [5.41, 5.74) is -1.10. The van der Waals surface area contributed by atoms with E-state index in [1.165, 1.54) is 6.07 Å². The number of aliphatic hydroxyl groups is 1. The number of nitrogens with zero attached hydrogens (tertiary/aromatic N) is 1. The van der Waals surface area contributed by atoms with Crippen LogP contribution in [-0.4, -0.2) is 39.8 Å². The highest BCUT2D eigenvalue weighted by molar-refractivity contribution is 5.76. The summed E-state index contributed by atoms with van der Waals surface area (Å²) < 4.78 is 4.92. The van der Waals surface area contributed by atoms with Gasteiger partial charge in [-0.25, -0.2) is 0 Å². The summed E-state index contributed by atoms with van der Waals surface area (Å²) >= 11 is 0. The molecule has 0 radical (unpaired) electrons. The minimum absolute atomic E-state index is 0.0164. The zero-order valence-electron chi connectivity index (χ0n) is 12.2. The van der Waals surface area contributed by atoms with Gasteiger partial charge in [-0.15, -0.1) is 0 Å². The van der Waals surface area contributed by atoms with Crippen LogP contribution >= 0.6 is 0 Å². The number of amides is 1. The number of carbonyl (C=O) groups excluding carboxylic acids is 1. The lowest BCUT2D eigenvalue weighted by molar-refractivity contribution is -0.131. The summed E-state index contributed by atoms with van der Waals surface area (Å²) in [6.07, 6.45) is 0.671. The molecule has 6 nitrogen and oxygen atoms in total. The summed E-state index contributed by atoms with van der Waals surface area (Å²) in [5.74, 6) is 0.640. The molecule has 1 aromatic rings. The highest BCUT2D eigenvalue weighted by Crippen LogP contribution is 2.34. The molecule has 6 heteroatoms. The van der Waals surface area contributed by atoms with E-state index in [-0.39, 0.29) is 29.7 Å². The molecule has 2 heterocycles. The fourth-order valence-corrected chi connectivity index (χ4v) is 2.79. The lowest BCUT2D eigenvalue weighted by atomic mass is 9.82. The summed E-state index contributed by atoms with van der Waals surface area (Å²) in [6, 6.07) is 1.35. The van der Waals surface area contributed by atoms with Crippen LogP contribution in [-0.2, 0) is 11.2 Å². The molecule has 0 saturated carbocycles. The zero-order chi connectivity index (χ0) is 14.9. The molecule has 2 rings (SSSR count). The van der Waals surface area contributed by atoms with Gasteiger partial charge in [0, 0.05) is 37.9 Å². The van der Waals surface area contributed by atoms with Gasteiger partial charge in [0.15, 0.2) is 0 Å². The Morgan fingerprint density at radius 3 is 2.85 bits per heavy atom. The Hall–Kier alpha value is -1.56. The van der Waals surface area contributed by atoms with Crippen LogP contribution in [0, 0.1) is 11.8 Å². The van der Waals surface area contributed by atoms with Crippen molar-refractivity contribution in [2.45, 2.75) is 39.2 Å². The maximum absolute atomic E-state index is 12.2. The van der Waals surface area contributed by atoms with Crippen LogP contribution in [0.4, 0.5) is 0 Å². The first-order chi connectivity index (χ1) is 9.33. The van der Waals surface area contributed by atoms with Crippen molar-refractivity contribution >= 4 is 5.91 Å². The van der Waals surface area contributed by atoms with E-state index in [1.54, 1.807) is 4.90 Å². The van der Waals surface area contributed by atoms with E-state index in [9.17, 15) is 14.7 Å². The standard InChI is InChI=1S/C14H22N2O4/c1-9(2)14(19)8-16(7-10(14)3)13(18)5-4-11-6-12(17)15-20-11/h6,9-10,19H,4-5,7-8H2,1-3H3,(H,15,17)/t10-,14-/m1/s1. The van der Waals surface area contributed by atoms with E-state index in [4.69, 9.17) is 4.52 Å². The normalized spacial score (nSPS) is 26.4. The predicted octanol–water partition coefficient (Wildman–Crippen LogP) is 0.766. The van der Waals surface area contributed by atoms with Crippen molar-refractivity contribution in [2.24, 2.45) is 11.8 Å². The molecule has 2 N–H and O–H groups in total.